The molecule has 190 valence electrons. The molecule has 0 N–H and O–H groups in total. The summed E-state index contributed by atoms with van der Waals surface area (Å²) in [6, 6.07) is 31.1. The van der Waals surface area contributed by atoms with Gasteiger partial charge in [0.25, 0.3) is 0 Å². The number of methoxy groups -OCH3 is 4. The van der Waals surface area contributed by atoms with E-state index in [4.69, 9.17) is 18.9 Å². The van der Waals surface area contributed by atoms with Crippen LogP contribution in [0.1, 0.15) is 22.3 Å². The molecular weight excluding hydrogens is 462 g/mol. The Bertz CT molecular complexity index is 1250. The summed E-state index contributed by atoms with van der Waals surface area (Å²) in [7, 11) is 6.56. The molecule has 37 heavy (non-hydrogen) atoms. The molecule has 4 rings (SSSR count). The first-order valence-electron chi connectivity index (χ1n) is 12.1. The fraction of sp³-hybridized carbons (Fsp3) is 0.188. The van der Waals surface area contributed by atoms with E-state index in [9.17, 15) is 0 Å². The normalized spacial score (nSPS) is 10.8. The first kappa shape index (κ1) is 25.7. The molecular formula is C32H33NO4. The zero-order chi connectivity index (χ0) is 26.0. The van der Waals surface area contributed by atoms with E-state index in [1.54, 1.807) is 28.4 Å². The van der Waals surface area contributed by atoms with Crippen LogP contribution in [0.3, 0.4) is 0 Å². The van der Waals surface area contributed by atoms with Gasteiger partial charge in [-0.25, -0.2) is 0 Å². The smallest absolute Gasteiger partial charge is 0.203 e. The van der Waals surface area contributed by atoms with Gasteiger partial charge in [0.2, 0.25) is 5.75 Å². The van der Waals surface area contributed by atoms with Crippen LogP contribution >= 0.6 is 0 Å². The molecule has 0 unspecified atom stereocenters. The molecule has 0 aliphatic carbocycles. The minimum atomic E-state index is 0.575. The quantitative estimate of drug-likeness (QED) is 0.208. The van der Waals surface area contributed by atoms with Gasteiger partial charge in [-0.15, -0.1) is 0 Å². The van der Waals surface area contributed by atoms with Crippen molar-refractivity contribution in [3.8, 4) is 23.0 Å². The Labute approximate surface area is 219 Å². The maximum atomic E-state index is 5.79. The third kappa shape index (κ3) is 6.44. The van der Waals surface area contributed by atoms with E-state index in [1.807, 2.05) is 36.4 Å². The Kier molecular flexibility index (Phi) is 8.71. The summed E-state index contributed by atoms with van der Waals surface area (Å²) in [5, 5.41) is 0. The number of benzene rings is 4. The van der Waals surface area contributed by atoms with Crippen LogP contribution in [0, 0.1) is 0 Å². The van der Waals surface area contributed by atoms with Crippen LogP contribution in [0.25, 0.3) is 12.2 Å². The summed E-state index contributed by atoms with van der Waals surface area (Å²) in [6.07, 6.45) is 4.11. The topological polar surface area (TPSA) is 40.2 Å². The largest absolute Gasteiger partial charge is 0.495 e. The first-order valence-corrected chi connectivity index (χ1v) is 12.1. The Balaban J connectivity index is 1.69. The summed E-state index contributed by atoms with van der Waals surface area (Å²) in [5.41, 5.74) is 5.49. The molecule has 0 fully saturated rings. The number of nitrogens with zero attached hydrogens (tertiary/aromatic N) is 1. The molecule has 0 heterocycles. The van der Waals surface area contributed by atoms with Crippen molar-refractivity contribution in [1.29, 1.82) is 0 Å². The standard InChI is InChI=1S/C32H33NO4/c1-34-29-18-17-24(15-16-27-20-30(35-2)32(37-4)31(21-27)36-3)19-28(29)33(22-25-11-7-5-8-12-25)23-26-13-9-6-10-14-26/h5-21H,22-23H2,1-4H3. The number of hydrogen-bond acceptors (Lipinski definition) is 5. The van der Waals surface area contributed by atoms with Gasteiger partial charge in [0.15, 0.2) is 11.5 Å². The van der Waals surface area contributed by atoms with Crippen LogP contribution in [0.2, 0.25) is 0 Å². The molecule has 5 heteroatoms. The minimum absolute atomic E-state index is 0.575. The number of ether oxygens (including phenoxy) is 4. The monoisotopic (exact) mass is 495 g/mol. The van der Waals surface area contributed by atoms with Crippen LogP contribution in [-0.2, 0) is 13.1 Å². The molecule has 0 aliphatic heterocycles. The predicted molar refractivity (Wildman–Crippen MR) is 151 cm³/mol. The summed E-state index contributed by atoms with van der Waals surface area (Å²) >= 11 is 0. The number of anilines is 1. The highest BCUT2D eigenvalue weighted by Crippen LogP contribution is 2.39. The van der Waals surface area contributed by atoms with Gasteiger partial charge >= 0.3 is 0 Å². The van der Waals surface area contributed by atoms with Crippen LogP contribution in [0.5, 0.6) is 23.0 Å². The van der Waals surface area contributed by atoms with Gasteiger partial charge in [-0.05, 0) is 46.5 Å². The minimum Gasteiger partial charge on any atom is -0.495 e. The van der Waals surface area contributed by atoms with Gasteiger partial charge in [-0.3, -0.25) is 0 Å². The van der Waals surface area contributed by atoms with Crippen molar-refractivity contribution in [2.75, 3.05) is 33.3 Å². The predicted octanol–water partition coefficient (Wildman–Crippen LogP) is 7.10. The fourth-order valence-corrected chi connectivity index (χ4v) is 4.28. The highest BCUT2D eigenvalue weighted by atomic mass is 16.5. The van der Waals surface area contributed by atoms with E-state index < -0.39 is 0 Å². The van der Waals surface area contributed by atoms with E-state index in [-0.39, 0.29) is 0 Å². The molecule has 4 aromatic rings. The Morgan fingerprint density at radius 2 is 1.05 bits per heavy atom. The molecule has 0 amide bonds. The van der Waals surface area contributed by atoms with Crippen molar-refractivity contribution >= 4 is 17.8 Å². The van der Waals surface area contributed by atoms with Crippen LogP contribution < -0.4 is 23.8 Å². The van der Waals surface area contributed by atoms with Gasteiger partial charge < -0.3 is 23.8 Å². The molecule has 0 bridgehead atoms. The first-order chi connectivity index (χ1) is 18.1. The van der Waals surface area contributed by atoms with Crippen molar-refractivity contribution in [3.63, 3.8) is 0 Å². The van der Waals surface area contributed by atoms with Gasteiger partial charge in [0.05, 0.1) is 34.1 Å². The molecule has 0 spiro atoms. The number of rotatable bonds is 11. The van der Waals surface area contributed by atoms with Crippen molar-refractivity contribution in [3.05, 3.63) is 113 Å². The lowest BCUT2D eigenvalue weighted by Crippen LogP contribution is -2.22. The summed E-state index contributed by atoms with van der Waals surface area (Å²) in [4.78, 5) is 2.35. The van der Waals surface area contributed by atoms with Gasteiger partial charge in [0.1, 0.15) is 5.75 Å². The summed E-state index contributed by atoms with van der Waals surface area (Å²) < 4.78 is 22.2. The lowest BCUT2D eigenvalue weighted by Gasteiger charge is -2.27. The highest BCUT2D eigenvalue weighted by molar-refractivity contribution is 5.75. The van der Waals surface area contributed by atoms with Crippen LogP contribution in [-0.4, -0.2) is 28.4 Å². The Morgan fingerprint density at radius 1 is 0.541 bits per heavy atom. The van der Waals surface area contributed by atoms with E-state index in [2.05, 4.69) is 71.6 Å². The zero-order valence-corrected chi connectivity index (χ0v) is 21.8. The zero-order valence-electron chi connectivity index (χ0n) is 21.8. The Morgan fingerprint density at radius 3 is 1.54 bits per heavy atom. The molecule has 0 saturated carbocycles. The van der Waals surface area contributed by atoms with E-state index in [0.717, 1.165) is 35.7 Å². The molecule has 4 aromatic carbocycles. The number of hydrogen-bond donors (Lipinski definition) is 0. The average molecular weight is 496 g/mol. The van der Waals surface area contributed by atoms with Crippen molar-refractivity contribution in [2.45, 2.75) is 13.1 Å². The molecule has 5 nitrogen and oxygen atoms in total. The summed E-state index contributed by atoms with van der Waals surface area (Å²) in [5.74, 6) is 2.64. The molecule has 0 aliphatic rings. The van der Waals surface area contributed by atoms with E-state index in [1.165, 1.54) is 11.1 Å². The maximum Gasteiger partial charge on any atom is 0.203 e. The van der Waals surface area contributed by atoms with Crippen LogP contribution in [0.4, 0.5) is 5.69 Å². The van der Waals surface area contributed by atoms with Crippen molar-refractivity contribution < 1.29 is 18.9 Å². The molecule has 0 saturated heterocycles. The van der Waals surface area contributed by atoms with E-state index in [0.29, 0.717) is 17.2 Å². The SMILES string of the molecule is COc1ccc(C=Cc2cc(OC)c(OC)c(OC)c2)cc1N(Cc1ccccc1)Cc1ccccc1. The van der Waals surface area contributed by atoms with Crippen molar-refractivity contribution in [1.82, 2.24) is 0 Å². The van der Waals surface area contributed by atoms with E-state index >= 15 is 0 Å². The van der Waals surface area contributed by atoms with Gasteiger partial charge in [-0.1, -0.05) is 78.9 Å². The molecule has 0 radical (unpaired) electrons. The van der Waals surface area contributed by atoms with Gasteiger partial charge in [0, 0.05) is 13.1 Å². The second kappa shape index (κ2) is 12.5. The fourth-order valence-electron chi connectivity index (χ4n) is 4.28. The lowest BCUT2D eigenvalue weighted by atomic mass is 10.1. The lowest BCUT2D eigenvalue weighted by molar-refractivity contribution is 0.324. The second-order valence-electron chi connectivity index (χ2n) is 8.55. The third-order valence-electron chi connectivity index (χ3n) is 6.13. The molecule has 0 atom stereocenters. The molecule has 0 aromatic heterocycles. The van der Waals surface area contributed by atoms with Crippen LogP contribution in [0.15, 0.2) is 91.0 Å². The summed E-state index contributed by atoms with van der Waals surface area (Å²) in [6.45, 7) is 1.51. The Hall–Kier alpha value is -4.38. The average Bonchev–Trinajstić information content (AvgIpc) is 2.96. The highest BCUT2D eigenvalue weighted by Gasteiger charge is 2.15. The third-order valence-corrected chi connectivity index (χ3v) is 6.13. The maximum absolute atomic E-state index is 5.79. The van der Waals surface area contributed by atoms with Gasteiger partial charge in [-0.2, -0.15) is 0 Å². The second-order valence-corrected chi connectivity index (χ2v) is 8.55. The van der Waals surface area contributed by atoms with Crippen molar-refractivity contribution in [2.24, 2.45) is 0 Å².